The highest BCUT2D eigenvalue weighted by atomic mass is 16.5. The molecule has 0 amide bonds. The SMILES string of the molecule is CC(=O)CCOC/C=C(/C)CCC=C(C)C. The van der Waals surface area contributed by atoms with Gasteiger partial charge in [0.15, 0.2) is 0 Å². The van der Waals surface area contributed by atoms with Gasteiger partial charge in [0, 0.05) is 6.42 Å². The lowest BCUT2D eigenvalue weighted by Gasteiger charge is -2.01. The van der Waals surface area contributed by atoms with Gasteiger partial charge in [0.2, 0.25) is 0 Å². The lowest BCUT2D eigenvalue weighted by Crippen LogP contribution is -2.00. The largest absolute Gasteiger partial charge is 0.377 e. The Morgan fingerprint density at radius 1 is 1.06 bits per heavy atom. The summed E-state index contributed by atoms with van der Waals surface area (Å²) in [5.41, 5.74) is 2.71. The normalized spacial score (nSPS) is 11.4. The smallest absolute Gasteiger partial charge is 0.132 e. The van der Waals surface area contributed by atoms with E-state index in [0.717, 1.165) is 12.8 Å². The minimum atomic E-state index is 0.184. The van der Waals surface area contributed by atoms with Crippen LogP contribution in [0.1, 0.15) is 47.0 Å². The third-order valence-electron chi connectivity index (χ3n) is 2.24. The molecule has 16 heavy (non-hydrogen) atoms. The summed E-state index contributed by atoms with van der Waals surface area (Å²) in [6.45, 7) is 9.09. The van der Waals surface area contributed by atoms with E-state index in [1.54, 1.807) is 6.92 Å². The van der Waals surface area contributed by atoms with Crippen molar-refractivity contribution in [1.82, 2.24) is 0 Å². The van der Waals surface area contributed by atoms with Gasteiger partial charge in [-0.1, -0.05) is 23.3 Å². The van der Waals surface area contributed by atoms with Crippen LogP contribution in [0.2, 0.25) is 0 Å². The van der Waals surface area contributed by atoms with Crippen molar-refractivity contribution in [2.75, 3.05) is 13.2 Å². The van der Waals surface area contributed by atoms with Gasteiger partial charge >= 0.3 is 0 Å². The third kappa shape index (κ3) is 11.2. The second-order valence-electron chi connectivity index (χ2n) is 4.40. The van der Waals surface area contributed by atoms with Crippen LogP contribution < -0.4 is 0 Å². The molecule has 0 atom stereocenters. The highest BCUT2D eigenvalue weighted by Crippen LogP contribution is 2.06. The second kappa shape index (κ2) is 9.34. The molecular weight excluding hydrogens is 200 g/mol. The van der Waals surface area contributed by atoms with Crippen LogP contribution in [0.5, 0.6) is 0 Å². The molecule has 0 aliphatic heterocycles. The van der Waals surface area contributed by atoms with Crippen LogP contribution in [0.15, 0.2) is 23.3 Å². The van der Waals surface area contributed by atoms with Crippen LogP contribution in [0, 0.1) is 0 Å². The molecule has 0 N–H and O–H groups in total. The second-order valence-corrected chi connectivity index (χ2v) is 4.40. The van der Waals surface area contributed by atoms with Crippen LogP contribution in [0.3, 0.4) is 0 Å². The van der Waals surface area contributed by atoms with Gasteiger partial charge in [0.05, 0.1) is 13.2 Å². The fourth-order valence-corrected chi connectivity index (χ4v) is 1.19. The van der Waals surface area contributed by atoms with E-state index >= 15 is 0 Å². The summed E-state index contributed by atoms with van der Waals surface area (Å²) in [6, 6.07) is 0. The Hall–Kier alpha value is -0.890. The van der Waals surface area contributed by atoms with E-state index in [9.17, 15) is 4.79 Å². The van der Waals surface area contributed by atoms with Crippen molar-refractivity contribution < 1.29 is 9.53 Å². The van der Waals surface area contributed by atoms with E-state index in [-0.39, 0.29) is 5.78 Å². The van der Waals surface area contributed by atoms with Crippen molar-refractivity contribution in [2.24, 2.45) is 0 Å². The molecule has 0 saturated heterocycles. The number of rotatable bonds is 8. The average molecular weight is 224 g/mol. The molecule has 0 aromatic carbocycles. The minimum Gasteiger partial charge on any atom is -0.377 e. The summed E-state index contributed by atoms with van der Waals surface area (Å²) in [7, 11) is 0. The molecule has 0 unspecified atom stereocenters. The molecule has 0 aromatic rings. The van der Waals surface area contributed by atoms with Crippen molar-refractivity contribution in [3.63, 3.8) is 0 Å². The molecule has 2 heteroatoms. The highest BCUT2D eigenvalue weighted by molar-refractivity contribution is 5.75. The summed E-state index contributed by atoms with van der Waals surface area (Å²) >= 11 is 0. The van der Waals surface area contributed by atoms with Gasteiger partial charge in [-0.15, -0.1) is 0 Å². The first-order valence-corrected chi connectivity index (χ1v) is 5.88. The summed E-state index contributed by atoms with van der Waals surface area (Å²) < 4.78 is 5.33. The number of carbonyl (C=O) groups is 1. The number of ether oxygens (including phenoxy) is 1. The highest BCUT2D eigenvalue weighted by Gasteiger charge is 1.93. The van der Waals surface area contributed by atoms with E-state index in [2.05, 4.69) is 32.9 Å². The summed E-state index contributed by atoms with van der Waals surface area (Å²) in [5.74, 6) is 0.184. The van der Waals surface area contributed by atoms with E-state index in [4.69, 9.17) is 4.74 Å². The summed E-state index contributed by atoms with van der Waals surface area (Å²) in [6.07, 6.45) is 7.04. The van der Waals surface area contributed by atoms with E-state index < -0.39 is 0 Å². The van der Waals surface area contributed by atoms with Gasteiger partial charge in [0.1, 0.15) is 5.78 Å². The van der Waals surface area contributed by atoms with Crippen LogP contribution in [-0.4, -0.2) is 19.0 Å². The van der Waals surface area contributed by atoms with E-state index in [1.807, 2.05) is 0 Å². The standard InChI is InChI=1S/C14H24O2/c1-12(2)6-5-7-13(3)8-10-16-11-9-14(4)15/h6,8H,5,7,9-11H2,1-4H3/b13-8-. The zero-order valence-corrected chi connectivity index (χ0v) is 11.0. The number of Topliss-reactive ketones (excluding diaryl/α,β-unsaturated/α-hetero) is 1. The molecule has 0 aliphatic carbocycles. The van der Waals surface area contributed by atoms with Crippen molar-refractivity contribution in [2.45, 2.75) is 47.0 Å². The van der Waals surface area contributed by atoms with Gasteiger partial charge in [-0.25, -0.2) is 0 Å². The maximum Gasteiger partial charge on any atom is 0.132 e. The Bertz CT molecular complexity index is 258. The molecule has 0 spiro atoms. The third-order valence-corrected chi connectivity index (χ3v) is 2.24. The molecule has 0 rings (SSSR count). The van der Waals surface area contributed by atoms with Gasteiger partial charge in [0.25, 0.3) is 0 Å². The first-order chi connectivity index (χ1) is 7.52. The maximum atomic E-state index is 10.6. The van der Waals surface area contributed by atoms with Crippen LogP contribution in [-0.2, 0) is 9.53 Å². The first kappa shape index (κ1) is 15.1. The summed E-state index contributed by atoms with van der Waals surface area (Å²) in [5, 5.41) is 0. The number of hydrogen-bond acceptors (Lipinski definition) is 2. The van der Waals surface area contributed by atoms with Gasteiger partial charge < -0.3 is 4.74 Å². The van der Waals surface area contributed by atoms with E-state index in [0.29, 0.717) is 19.6 Å². The molecule has 0 bridgehead atoms. The quantitative estimate of drug-likeness (QED) is 0.464. The average Bonchev–Trinajstić information content (AvgIpc) is 2.16. The van der Waals surface area contributed by atoms with Gasteiger partial charge in [-0.05, 0) is 40.5 Å². The Balaban J connectivity index is 3.55. The Morgan fingerprint density at radius 3 is 2.31 bits per heavy atom. The molecule has 2 nitrogen and oxygen atoms in total. The van der Waals surface area contributed by atoms with Crippen molar-refractivity contribution >= 4 is 5.78 Å². The van der Waals surface area contributed by atoms with Crippen molar-refractivity contribution in [1.29, 1.82) is 0 Å². The van der Waals surface area contributed by atoms with Gasteiger partial charge in [-0.2, -0.15) is 0 Å². The van der Waals surface area contributed by atoms with E-state index in [1.165, 1.54) is 11.1 Å². The monoisotopic (exact) mass is 224 g/mol. The number of carbonyl (C=O) groups excluding carboxylic acids is 1. The van der Waals surface area contributed by atoms with Crippen LogP contribution in [0.25, 0.3) is 0 Å². The first-order valence-electron chi connectivity index (χ1n) is 5.88. The lowest BCUT2D eigenvalue weighted by molar-refractivity contribution is -0.117. The predicted octanol–water partition coefficient (Wildman–Crippen LogP) is 3.67. The summed E-state index contributed by atoms with van der Waals surface area (Å²) in [4.78, 5) is 10.6. The topological polar surface area (TPSA) is 26.3 Å². The van der Waals surface area contributed by atoms with Crippen LogP contribution >= 0.6 is 0 Å². The fraction of sp³-hybridized carbons (Fsp3) is 0.643. The molecule has 0 fully saturated rings. The van der Waals surface area contributed by atoms with Crippen LogP contribution in [0.4, 0.5) is 0 Å². The predicted molar refractivity (Wildman–Crippen MR) is 68.5 cm³/mol. The molecule has 0 heterocycles. The molecule has 0 aromatic heterocycles. The molecule has 92 valence electrons. The maximum absolute atomic E-state index is 10.6. The Labute approximate surface area is 99.4 Å². The molecule has 0 radical (unpaired) electrons. The van der Waals surface area contributed by atoms with Crippen molar-refractivity contribution in [3.05, 3.63) is 23.3 Å². The Kier molecular flexibility index (Phi) is 8.82. The zero-order valence-electron chi connectivity index (χ0n) is 11.0. The number of hydrogen-bond donors (Lipinski definition) is 0. The zero-order chi connectivity index (χ0) is 12.4. The number of ketones is 1. The minimum absolute atomic E-state index is 0.184. The molecule has 0 aliphatic rings. The molecule has 0 saturated carbocycles. The number of allylic oxidation sites excluding steroid dienone is 3. The lowest BCUT2D eigenvalue weighted by atomic mass is 10.1. The van der Waals surface area contributed by atoms with Gasteiger partial charge in [-0.3, -0.25) is 4.79 Å². The fourth-order valence-electron chi connectivity index (χ4n) is 1.19. The van der Waals surface area contributed by atoms with Crippen molar-refractivity contribution in [3.8, 4) is 0 Å². The Morgan fingerprint density at radius 2 is 1.75 bits per heavy atom. The molecular formula is C14H24O2.